The summed E-state index contributed by atoms with van der Waals surface area (Å²) in [6, 6.07) is 0. The van der Waals surface area contributed by atoms with Crippen molar-refractivity contribution in [2.75, 3.05) is 5.75 Å². The highest BCUT2D eigenvalue weighted by molar-refractivity contribution is 7.98. The van der Waals surface area contributed by atoms with Gasteiger partial charge >= 0.3 is 6.18 Å². The van der Waals surface area contributed by atoms with Gasteiger partial charge < -0.3 is 4.42 Å². The molecule has 7 heteroatoms. The number of alkyl halides is 3. The monoisotopic (exact) mass is 245 g/mol. The number of oxazole rings is 1. The molecule has 0 aliphatic heterocycles. The van der Waals surface area contributed by atoms with E-state index in [-0.39, 0.29) is 11.0 Å². The molecule has 0 N–H and O–H groups in total. The van der Waals surface area contributed by atoms with Crippen LogP contribution >= 0.6 is 23.4 Å². The van der Waals surface area contributed by atoms with Crippen LogP contribution in [0.25, 0.3) is 0 Å². The molecular weight excluding hydrogens is 239 g/mol. The fourth-order valence-electron chi connectivity index (χ4n) is 0.702. The number of rotatable bonds is 4. The molecule has 0 fully saturated rings. The highest BCUT2D eigenvalue weighted by Gasteiger charge is 2.26. The Morgan fingerprint density at radius 1 is 1.50 bits per heavy atom. The molecule has 1 rings (SSSR count). The zero-order chi connectivity index (χ0) is 10.6. The predicted molar refractivity (Wildman–Crippen MR) is 48.3 cm³/mol. The first-order valence-electron chi connectivity index (χ1n) is 3.72. The molecule has 0 unspecified atom stereocenters. The highest BCUT2D eigenvalue weighted by atomic mass is 35.5. The number of halogens is 4. The Balaban J connectivity index is 2.16. The molecule has 0 aromatic carbocycles. The van der Waals surface area contributed by atoms with Gasteiger partial charge in [0, 0.05) is 5.75 Å². The van der Waals surface area contributed by atoms with Crippen molar-refractivity contribution in [2.45, 2.75) is 18.3 Å². The molecule has 1 aromatic heterocycles. The fraction of sp³-hybridized carbons (Fsp3) is 0.571. The van der Waals surface area contributed by atoms with Crippen molar-refractivity contribution < 1.29 is 17.6 Å². The van der Waals surface area contributed by atoms with E-state index in [0.717, 1.165) is 11.8 Å². The Labute approximate surface area is 87.8 Å². The Hall–Kier alpha value is -0.360. The minimum Gasteiger partial charge on any atom is -0.428 e. The summed E-state index contributed by atoms with van der Waals surface area (Å²) in [5.41, 5.74) is 0. The highest BCUT2D eigenvalue weighted by Crippen LogP contribution is 2.23. The van der Waals surface area contributed by atoms with Crippen molar-refractivity contribution in [2.24, 2.45) is 0 Å². The van der Waals surface area contributed by atoms with Gasteiger partial charge in [-0.1, -0.05) is 0 Å². The molecule has 0 aliphatic carbocycles. The van der Waals surface area contributed by atoms with Gasteiger partial charge in [0.05, 0.1) is 18.4 Å². The van der Waals surface area contributed by atoms with Crippen LogP contribution in [0.2, 0.25) is 5.22 Å². The maximum atomic E-state index is 11.7. The summed E-state index contributed by atoms with van der Waals surface area (Å²) in [7, 11) is 0. The van der Waals surface area contributed by atoms with E-state index in [4.69, 9.17) is 16.0 Å². The van der Waals surface area contributed by atoms with Gasteiger partial charge in [0.25, 0.3) is 0 Å². The molecule has 1 aromatic rings. The lowest BCUT2D eigenvalue weighted by molar-refractivity contribution is -0.129. The van der Waals surface area contributed by atoms with Gasteiger partial charge in [-0.25, -0.2) is 4.98 Å². The first-order chi connectivity index (χ1) is 6.47. The van der Waals surface area contributed by atoms with Crippen LogP contribution in [-0.2, 0) is 5.75 Å². The molecular formula is C7H7ClF3NOS. The first kappa shape index (κ1) is 11.7. The fourth-order valence-corrected chi connectivity index (χ4v) is 1.67. The number of hydrogen-bond donors (Lipinski definition) is 0. The predicted octanol–water partition coefficient (Wildman–Crippen LogP) is 3.51. The standard InChI is InChI=1S/C7H7ClF3NOS/c8-5-3-12-6(13-5)4-14-2-1-7(9,10)11/h3H,1-2,4H2. The van der Waals surface area contributed by atoms with E-state index in [9.17, 15) is 13.2 Å². The molecule has 0 aliphatic rings. The quantitative estimate of drug-likeness (QED) is 0.760. The lowest BCUT2D eigenvalue weighted by Gasteiger charge is -2.03. The number of aromatic nitrogens is 1. The van der Waals surface area contributed by atoms with Crippen LogP contribution in [0.15, 0.2) is 10.6 Å². The second-order valence-electron chi connectivity index (χ2n) is 2.48. The van der Waals surface area contributed by atoms with Crippen molar-refractivity contribution in [3.8, 4) is 0 Å². The van der Waals surface area contributed by atoms with E-state index in [2.05, 4.69) is 4.98 Å². The van der Waals surface area contributed by atoms with Crippen molar-refractivity contribution >= 4 is 23.4 Å². The van der Waals surface area contributed by atoms with Gasteiger partial charge in [0.2, 0.25) is 11.1 Å². The van der Waals surface area contributed by atoms with Gasteiger partial charge in [0.15, 0.2) is 0 Å². The first-order valence-corrected chi connectivity index (χ1v) is 5.25. The molecule has 80 valence electrons. The molecule has 0 saturated carbocycles. The number of nitrogens with zero attached hydrogens (tertiary/aromatic N) is 1. The number of hydrogen-bond acceptors (Lipinski definition) is 3. The Bertz CT molecular complexity index is 289. The van der Waals surface area contributed by atoms with Gasteiger partial charge in [0.1, 0.15) is 0 Å². The van der Waals surface area contributed by atoms with E-state index < -0.39 is 12.6 Å². The van der Waals surface area contributed by atoms with Crippen LogP contribution in [0.3, 0.4) is 0 Å². The van der Waals surface area contributed by atoms with E-state index in [0.29, 0.717) is 11.6 Å². The molecule has 0 amide bonds. The van der Waals surface area contributed by atoms with Crippen LogP contribution < -0.4 is 0 Å². The molecule has 0 atom stereocenters. The summed E-state index contributed by atoms with van der Waals surface area (Å²) >= 11 is 6.54. The molecule has 0 spiro atoms. The van der Waals surface area contributed by atoms with Crippen LogP contribution in [-0.4, -0.2) is 16.9 Å². The maximum absolute atomic E-state index is 11.7. The molecule has 1 heterocycles. The van der Waals surface area contributed by atoms with Crippen molar-refractivity contribution in [3.63, 3.8) is 0 Å². The summed E-state index contributed by atoms with van der Waals surface area (Å²) in [4.78, 5) is 3.75. The molecule has 14 heavy (non-hydrogen) atoms. The van der Waals surface area contributed by atoms with Gasteiger partial charge in [-0.15, -0.1) is 0 Å². The zero-order valence-electron chi connectivity index (χ0n) is 6.97. The Morgan fingerprint density at radius 2 is 2.21 bits per heavy atom. The van der Waals surface area contributed by atoms with Gasteiger partial charge in [-0.2, -0.15) is 24.9 Å². The van der Waals surface area contributed by atoms with E-state index >= 15 is 0 Å². The van der Waals surface area contributed by atoms with Gasteiger partial charge in [-0.05, 0) is 11.6 Å². The summed E-state index contributed by atoms with van der Waals surface area (Å²) in [5, 5.41) is 0.149. The lowest BCUT2D eigenvalue weighted by atomic mass is 10.5. The van der Waals surface area contributed by atoms with Crippen LogP contribution in [0, 0.1) is 0 Å². The molecule has 0 radical (unpaired) electrons. The van der Waals surface area contributed by atoms with E-state index in [1.165, 1.54) is 6.20 Å². The van der Waals surface area contributed by atoms with Gasteiger partial charge in [-0.3, -0.25) is 0 Å². The average Bonchev–Trinajstić information content (AvgIpc) is 2.44. The zero-order valence-corrected chi connectivity index (χ0v) is 8.55. The van der Waals surface area contributed by atoms with Crippen LogP contribution in [0.4, 0.5) is 13.2 Å². The normalized spacial score (nSPS) is 12.0. The second-order valence-corrected chi connectivity index (χ2v) is 3.95. The van der Waals surface area contributed by atoms with Crippen molar-refractivity contribution in [1.29, 1.82) is 0 Å². The van der Waals surface area contributed by atoms with Crippen LogP contribution in [0.5, 0.6) is 0 Å². The van der Waals surface area contributed by atoms with Crippen LogP contribution in [0.1, 0.15) is 12.3 Å². The van der Waals surface area contributed by atoms with E-state index in [1.807, 2.05) is 0 Å². The minimum absolute atomic E-state index is 0.00347. The summed E-state index contributed by atoms with van der Waals surface area (Å²) in [5.74, 6) is 0.661. The Morgan fingerprint density at radius 3 is 2.71 bits per heavy atom. The molecule has 2 nitrogen and oxygen atoms in total. The Kier molecular flexibility index (Phi) is 4.12. The van der Waals surface area contributed by atoms with E-state index in [1.54, 1.807) is 0 Å². The third kappa shape index (κ3) is 4.76. The third-order valence-electron chi connectivity index (χ3n) is 1.28. The average molecular weight is 246 g/mol. The van der Waals surface area contributed by atoms with Crippen molar-refractivity contribution in [3.05, 3.63) is 17.3 Å². The largest absolute Gasteiger partial charge is 0.428 e. The smallest absolute Gasteiger partial charge is 0.389 e. The molecule has 0 bridgehead atoms. The second kappa shape index (κ2) is 4.93. The summed E-state index contributed by atoms with van der Waals surface area (Å²) in [6.07, 6.45) is -3.57. The summed E-state index contributed by atoms with van der Waals surface area (Å²) < 4.78 is 40.0. The molecule has 0 saturated heterocycles. The third-order valence-corrected chi connectivity index (χ3v) is 2.40. The number of thioether (sulfide) groups is 1. The topological polar surface area (TPSA) is 26.0 Å². The summed E-state index contributed by atoms with van der Waals surface area (Å²) in [6.45, 7) is 0. The lowest BCUT2D eigenvalue weighted by Crippen LogP contribution is -2.08. The van der Waals surface area contributed by atoms with Crippen molar-refractivity contribution in [1.82, 2.24) is 4.98 Å². The SMILES string of the molecule is FC(F)(F)CCSCc1ncc(Cl)o1. The maximum Gasteiger partial charge on any atom is 0.389 e. The minimum atomic E-state index is -4.10.